The van der Waals surface area contributed by atoms with Gasteiger partial charge in [-0.25, -0.2) is 4.98 Å². The average molecular weight is 338 g/mol. The molecule has 130 valence electrons. The first-order chi connectivity index (χ1) is 12.1. The number of hydrogen-bond donors (Lipinski definition) is 2. The standard InChI is InChI=1S/C19H22N4O2/c1-12-5-7-14(8-6-12)16-11-15(18(24)21-10-4-3-9-20)17-13(2)23-25-19(17)22-16/h5-8,11H,3-4,9-10,20H2,1-2H3,(H,21,24). The molecule has 0 unspecified atom stereocenters. The van der Waals surface area contributed by atoms with Crippen molar-refractivity contribution in [2.24, 2.45) is 5.73 Å². The van der Waals surface area contributed by atoms with E-state index in [2.05, 4.69) is 15.5 Å². The molecule has 3 aromatic rings. The van der Waals surface area contributed by atoms with E-state index in [1.54, 1.807) is 6.07 Å². The fourth-order valence-corrected chi connectivity index (χ4v) is 2.71. The van der Waals surface area contributed by atoms with Crippen LogP contribution in [0.15, 0.2) is 34.9 Å². The van der Waals surface area contributed by atoms with E-state index in [9.17, 15) is 4.79 Å². The van der Waals surface area contributed by atoms with Crippen LogP contribution < -0.4 is 11.1 Å². The van der Waals surface area contributed by atoms with Crippen molar-refractivity contribution >= 4 is 17.0 Å². The Balaban J connectivity index is 1.98. The number of aromatic nitrogens is 2. The van der Waals surface area contributed by atoms with Crippen molar-refractivity contribution in [3.05, 3.63) is 47.2 Å². The summed E-state index contributed by atoms with van der Waals surface area (Å²) in [4.78, 5) is 17.2. The summed E-state index contributed by atoms with van der Waals surface area (Å²) in [5.74, 6) is -0.149. The van der Waals surface area contributed by atoms with Crippen LogP contribution in [0.25, 0.3) is 22.4 Å². The predicted molar refractivity (Wildman–Crippen MR) is 97.3 cm³/mol. The van der Waals surface area contributed by atoms with Gasteiger partial charge in [-0.3, -0.25) is 4.79 Å². The van der Waals surface area contributed by atoms with Gasteiger partial charge in [-0.1, -0.05) is 35.0 Å². The van der Waals surface area contributed by atoms with Gasteiger partial charge in [-0.2, -0.15) is 0 Å². The van der Waals surface area contributed by atoms with Crippen LogP contribution in [0.4, 0.5) is 0 Å². The Morgan fingerprint density at radius 2 is 1.96 bits per heavy atom. The van der Waals surface area contributed by atoms with Crippen LogP contribution in [0.3, 0.4) is 0 Å². The first kappa shape index (κ1) is 17.1. The smallest absolute Gasteiger partial charge is 0.259 e. The molecule has 0 aliphatic heterocycles. The summed E-state index contributed by atoms with van der Waals surface area (Å²) in [6.07, 6.45) is 1.73. The maximum atomic E-state index is 12.7. The minimum atomic E-state index is -0.149. The third-order valence-electron chi connectivity index (χ3n) is 4.13. The highest BCUT2D eigenvalue weighted by Crippen LogP contribution is 2.27. The molecule has 0 atom stereocenters. The Labute approximate surface area is 146 Å². The van der Waals surface area contributed by atoms with Gasteiger partial charge in [0, 0.05) is 12.1 Å². The van der Waals surface area contributed by atoms with Gasteiger partial charge in [-0.15, -0.1) is 0 Å². The number of nitrogens with one attached hydrogen (secondary N) is 1. The average Bonchev–Trinajstić information content (AvgIpc) is 2.99. The fourth-order valence-electron chi connectivity index (χ4n) is 2.71. The van der Waals surface area contributed by atoms with Gasteiger partial charge in [0.2, 0.25) is 0 Å². The molecule has 25 heavy (non-hydrogen) atoms. The van der Waals surface area contributed by atoms with Gasteiger partial charge in [0.25, 0.3) is 11.6 Å². The summed E-state index contributed by atoms with van der Waals surface area (Å²) in [6.45, 7) is 5.05. The molecule has 0 aliphatic carbocycles. The van der Waals surface area contributed by atoms with Crippen molar-refractivity contribution in [2.45, 2.75) is 26.7 Å². The second-order valence-electron chi connectivity index (χ2n) is 6.12. The lowest BCUT2D eigenvalue weighted by molar-refractivity contribution is 0.0954. The molecule has 0 radical (unpaired) electrons. The predicted octanol–water partition coefficient (Wildman–Crippen LogP) is 2.98. The molecule has 0 aliphatic rings. The Bertz CT molecular complexity index is 884. The van der Waals surface area contributed by atoms with Gasteiger partial charge in [-0.05, 0) is 39.3 Å². The zero-order valence-electron chi connectivity index (χ0n) is 14.5. The van der Waals surface area contributed by atoms with Gasteiger partial charge >= 0.3 is 0 Å². The van der Waals surface area contributed by atoms with Crippen LogP contribution in [0.1, 0.15) is 34.5 Å². The van der Waals surface area contributed by atoms with Gasteiger partial charge < -0.3 is 15.6 Å². The number of hydrogen-bond acceptors (Lipinski definition) is 5. The summed E-state index contributed by atoms with van der Waals surface area (Å²) in [7, 11) is 0. The molecule has 2 heterocycles. The summed E-state index contributed by atoms with van der Waals surface area (Å²) >= 11 is 0. The molecule has 0 spiro atoms. The van der Waals surface area contributed by atoms with E-state index < -0.39 is 0 Å². The monoisotopic (exact) mass is 338 g/mol. The topological polar surface area (TPSA) is 94.0 Å². The van der Waals surface area contributed by atoms with E-state index in [1.807, 2.05) is 38.1 Å². The van der Waals surface area contributed by atoms with Crippen molar-refractivity contribution in [3.8, 4) is 11.3 Å². The molecular weight excluding hydrogens is 316 g/mol. The highest BCUT2D eigenvalue weighted by molar-refractivity contribution is 6.06. The third-order valence-corrected chi connectivity index (χ3v) is 4.13. The minimum Gasteiger partial charge on any atom is -0.352 e. The Kier molecular flexibility index (Phi) is 5.09. The zero-order chi connectivity index (χ0) is 17.8. The molecule has 3 rings (SSSR count). The lowest BCUT2D eigenvalue weighted by atomic mass is 10.0. The van der Waals surface area contributed by atoms with Crippen LogP contribution >= 0.6 is 0 Å². The van der Waals surface area contributed by atoms with E-state index in [-0.39, 0.29) is 5.91 Å². The number of pyridine rings is 1. The molecular formula is C19H22N4O2. The maximum absolute atomic E-state index is 12.7. The zero-order valence-corrected chi connectivity index (χ0v) is 14.5. The van der Waals surface area contributed by atoms with Gasteiger partial charge in [0.15, 0.2) is 0 Å². The molecule has 6 nitrogen and oxygen atoms in total. The number of unbranched alkanes of at least 4 members (excludes halogenated alkanes) is 1. The van der Waals surface area contributed by atoms with Crippen LogP contribution in [-0.4, -0.2) is 29.1 Å². The molecule has 2 aromatic heterocycles. The van der Waals surface area contributed by atoms with Gasteiger partial charge in [0.05, 0.1) is 22.3 Å². The third kappa shape index (κ3) is 3.69. The fraction of sp³-hybridized carbons (Fsp3) is 0.316. The summed E-state index contributed by atoms with van der Waals surface area (Å²) in [6, 6.07) is 9.79. The summed E-state index contributed by atoms with van der Waals surface area (Å²) in [5, 5.41) is 7.56. The van der Waals surface area contributed by atoms with E-state index in [0.29, 0.717) is 41.1 Å². The minimum absolute atomic E-state index is 0.149. The van der Waals surface area contributed by atoms with Crippen molar-refractivity contribution < 1.29 is 9.32 Å². The highest BCUT2D eigenvalue weighted by Gasteiger charge is 2.19. The van der Waals surface area contributed by atoms with Crippen molar-refractivity contribution in [1.29, 1.82) is 0 Å². The molecule has 0 saturated carbocycles. The summed E-state index contributed by atoms with van der Waals surface area (Å²) < 4.78 is 5.31. The van der Waals surface area contributed by atoms with E-state index >= 15 is 0 Å². The Morgan fingerprint density at radius 3 is 2.68 bits per heavy atom. The quantitative estimate of drug-likeness (QED) is 0.674. The number of benzene rings is 1. The number of aryl methyl sites for hydroxylation is 2. The number of carbonyl (C=O) groups is 1. The van der Waals surface area contributed by atoms with Crippen molar-refractivity contribution in [2.75, 3.05) is 13.1 Å². The second-order valence-corrected chi connectivity index (χ2v) is 6.12. The number of rotatable bonds is 6. The lowest BCUT2D eigenvalue weighted by Crippen LogP contribution is -2.25. The van der Waals surface area contributed by atoms with Crippen LogP contribution in [0, 0.1) is 13.8 Å². The second kappa shape index (κ2) is 7.44. The first-order valence-electron chi connectivity index (χ1n) is 8.42. The largest absolute Gasteiger partial charge is 0.352 e. The number of fused-ring (bicyclic) bond motifs is 1. The van der Waals surface area contributed by atoms with Crippen LogP contribution in [-0.2, 0) is 0 Å². The van der Waals surface area contributed by atoms with Crippen molar-refractivity contribution in [1.82, 2.24) is 15.5 Å². The lowest BCUT2D eigenvalue weighted by Gasteiger charge is -2.08. The number of nitrogens with zero attached hydrogens (tertiary/aromatic N) is 2. The normalized spacial score (nSPS) is 11.0. The number of amides is 1. The summed E-state index contributed by atoms with van der Waals surface area (Å²) in [5.41, 5.74) is 9.84. The molecule has 0 bridgehead atoms. The molecule has 1 aromatic carbocycles. The van der Waals surface area contributed by atoms with Gasteiger partial charge in [0.1, 0.15) is 0 Å². The van der Waals surface area contributed by atoms with Crippen LogP contribution in [0.2, 0.25) is 0 Å². The number of nitrogens with two attached hydrogens (primary N) is 1. The first-order valence-corrected chi connectivity index (χ1v) is 8.42. The number of carbonyl (C=O) groups excluding carboxylic acids is 1. The maximum Gasteiger partial charge on any atom is 0.259 e. The Morgan fingerprint density at radius 1 is 1.20 bits per heavy atom. The molecule has 1 amide bonds. The van der Waals surface area contributed by atoms with E-state index in [0.717, 1.165) is 18.4 Å². The molecule has 6 heteroatoms. The molecule has 3 N–H and O–H groups in total. The highest BCUT2D eigenvalue weighted by atomic mass is 16.5. The van der Waals surface area contributed by atoms with E-state index in [1.165, 1.54) is 5.56 Å². The van der Waals surface area contributed by atoms with Crippen molar-refractivity contribution in [3.63, 3.8) is 0 Å². The van der Waals surface area contributed by atoms with Crippen LogP contribution in [0.5, 0.6) is 0 Å². The SMILES string of the molecule is Cc1ccc(-c2cc(C(=O)NCCCCN)c3c(C)noc3n2)cc1. The molecule has 0 saturated heterocycles. The Hall–Kier alpha value is -2.73. The van der Waals surface area contributed by atoms with E-state index in [4.69, 9.17) is 10.3 Å². The molecule has 0 fully saturated rings.